The van der Waals surface area contributed by atoms with Crippen molar-refractivity contribution >= 4 is 34.5 Å². The predicted octanol–water partition coefficient (Wildman–Crippen LogP) is 5.78. The van der Waals surface area contributed by atoms with Crippen LogP contribution in [-0.4, -0.2) is 18.0 Å². The number of nitrogens with one attached hydrogen (secondary N) is 1. The lowest BCUT2D eigenvalue weighted by molar-refractivity contribution is -0.137. The van der Waals surface area contributed by atoms with Crippen LogP contribution in [-0.2, 0) is 12.7 Å². The molecule has 0 bridgehead atoms. The number of carbonyl (C=O) groups is 2. The third-order valence-corrected chi connectivity index (χ3v) is 5.84. The van der Waals surface area contributed by atoms with Crippen molar-refractivity contribution in [1.82, 2.24) is 5.43 Å². The molecule has 2 amide bonds. The molecule has 4 aromatic carbocycles. The summed E-state index contributed by atoms with van der Waals surface area (Å²) < 4.78 is 39.2. The van der Waals surface area contributed by atoms with E-state index in [-0.39, 0.29) is 17.0 Å². The number of hydrogen-bond acceptors (Lipinski definition) is 3. The van der Waals surface area contributed by atoms with E-state index in [4.69, 9.17) is 0 Å². The molecular formula is C27H18F3N3O2. The second kappa shape index (κ2) is 8.72. The summed E-state index contributed by atoms with van der Waals surface area (Å²) in [5.41, 5.74) is 3.88. The quantitative estimate of drug-likeness (QED) is 0.295. The van der Waals surface area contributed by atoms with Gasteiger partial charge < -0.3 is 4.90 Å². The molecule has 1 heterocycles. The van der Waals surface area contributed by atoms with Gasteiger partial charge in [0.05, 0.1) is 24.0 Å². The number of rotatable bonds is 5. The van der Waals surface area contributed by atoms with Crippen LogP contribution < -0.4 is 10.3 Å². The summed E-state index contributed by atoms with van der Waals surface area (Å²) >= 11 is 0. The van der Waals surface area contributed by atoms with Gasteiger partial charge in [0.1, 0.15) is 0 Å². The number of amides is 2. The average molecular weight is 473 g/mol. The van der Waals surface area contributed by atoms with Crippen LogP contribution in [0.3, 0.4) is 0 Å². The molecule has 1 aliphatic rings. The Morgan fingerprint density at radius 3 is 2.37 bits per heavy atom. The first-order chi connectivity index (χ1) is 16.8. The van der Waals surface area contributed by atoms with E-state index >= 15 is 0 Å². The highest BCUT2D eigenvalue weighted by Crippen LogP contribution is 2.38. The Hall–Kier alpha value is -4.46. The molecule has 8 heteroatoms. The van der Waals surface area contributed by atoms with Crippen molar-refractivity contribution in [3.63, 3.8) is 0 Å². The Bertz CT molecular complexity index is 1470. The second-order valence-corrected chi connectivity index (χ2v) is 8.05. The molecule has 0 saturated heterocycles. The normalized spacial score (nSPS) is 13.1. The number of hydrazone groups is 1. The molecule has 5 nitrogen and oxygen atoms in total. The fourth-order valence-corrected chi connectivity index (χ4v) is 4.17. The lowest BCUT2D eigenvalue weighted by Gasteiger charge is -2.18. The molecule has 0 unspecified atom stereocenters. The standard InChI is InChI=1S/C27H18F3N3O2/c28-27(29,30)22-9-2-1-5-20(22)15-31-32-25(34)19-13-11-17(12-14-19)16-33-23-10-4-7-18-6-3-8-21(24(18)23)26(33)35/h1-15H,16H2,(H,32,34). The highest BCUT2D eigenvalue weighted by Gasteiger charge is 2.32. The monoisotopic (exact) mass is 473 g/mol. The van der Waals surface area contributed by atoms with Gasteiger partial charge in [0.15, 0.2) is 0 Å². The third kappa shape index (κ3) is 4.26. The lowest BCUT2D eigenvalue weighted by atomic mass is 10.1. The van der Waals surface area contributed by atoms with E-state index in [9.17, 15) is 22.8 Å². The minimum Gasteiger partial charge on any atom is -0.303 e. The fraction of sp³-hybridized carbons (Fsp3) is 0.0741. The van der Waals surface area contributed by atoms with Crippen molar-refractivity contribution in [3.05, 3.63) is 113 Å². The number of carbonyl (C=O) groups excluding carboxylic acids is 2. The second-order valence-electron chi connectivity index (χ2n) is 8.05. The fourth-order valence-electron chi connectivity index (χ4n) is 4.17. The van der Waals surface area contributed by atoms with E-state index in [0.717, 1.165) is 34.3 Å². The molecule has 0 spiro atoms. The zero-order valence-electron chi connectivity index (χ0n) is 18.2. The van der Waals surface area contributed by atoms with Gasteiger partial charge in [-0.2, -0.15) is 18.3 Å². The van der Waals surface area contributed by atoms with Gasteiger partial charge in [-0.05, 0) is 41.3 Å². The smallest absolute Gasteiger partial charge is 0.303 e. The zero-order chi connectivity index (χ0) is 24.6. The third-order valence-electron chi connectivity index (χ3n) is 5.84. The van der Waals surface area contributed by atoms with Crippen molar-refractivity contribution in [3.8, 4) is 0 Å². The van der Waals surface area contributed by atoms with E-state index in [0.29, 0.717) is 12.1 Å². The van der Waals surface area contributed by atoms with Crippen molar-refractivity contribution < 1.29 is 22.8 Å². The molecule has 0 atom stereocenters. The molecule has 0 saturated carbocycles. The highest BCUT2D eigenvalue weighted by atomic mass is 19.4. The first-order valence-electron chi connectivity index (χ1n) is 10.7. The zero-order valence-corrected chi connectivity index (χ0v) is 18.2. The Kier molecular flexibility index (Phi) is 5.56. The summed E-state index contributed by atoms with van der Waals surface area (Å²) in [5.74, 6) is -0.640. The number of anilines is 1. The number of alkyl halides is 3. The minimum absolute atomic E-state index is 0.0768. The van der Waals surface area contributed by atoms with Gasteiger partial charge in [0, 0.05) is 22.1 Å². The summed E-state index contributed by atoms with van der Waals surface area (Å²) in [6.07, 6.45) is -3.56. The maximum atomic E-state index is 13.1. The van der Waals surface area contributed by atoms with Crippen LogP contribution in [0.2, 0.25) is 0 Å². The largest absolute Gasteiger partial charge is 0.417 e. The first kappa shape index (κ1) is 22.3. The van der Waals surface area contributed by atoms with Crippen LogP contribution in [0.5, 0.6) is 0 Å². The van der Waals surface area contributed by atoms with Crippen molar-refractivity contribution in [2.24, 2.45) is 5.10 Å². The van der Waals surface area contributed by atoms with Crippen LogP contribution in [0.15, 0.2) is 90.0 Å². The Labute approximate surface area is 198 Å². The maximum absolute atomic E-state index is 13.1. The van der Waals surface area contributed by atoms with Gasteiger partial charge in [-0.25, -0.2) is 5.43 Å². The molecule has 1 N–H and O–H groups in total. The molecular weight excluding hydrogens is 455 g/mol. The van der Waals surface area contributed by atoms with Crippen LogP contribution in [0.1, 0.15) is 37.4 Å². The summed E-state index contributed by atoms with van der Waals surface area (Å²) in [5, 5.41) is 5.61. The summed E-state index contributed by atoms with van der Waals surface area (Å²) in [6, 6.07) is 23.0. The first-order valence-corrected chi connectivity index (χ1v) is 10.7. The Morgan fingerprint density at radius 2 is 1.63 bits per heavy atom. The molecule has 35 heavy (non-hydrogen) atoms. The van der Waals surface area contributed by atoms with E-state index in [1.807, 2.05) is 36.4 Å². The van der Waals surface area contributed by atoms with Crippen molar-refractivity contribution in [2.75, 3.05) is 4.90 Å². The Morgan fingerprint density at radius 1 is 0.914 bits per heavy atom. The topological polar surface area (TPSA) is 61.8 Å². The van der Waals surface area contributed by atoms with Crippen LogP contribution in [0.4, 0.5) is 18.9 Å². The predicted molar refractivity (Wildman–Crippen MR) is 127 cm³/mol. The van der Waals surface area contributed by atoms with E-state index < -0.39 is 17.6 Å². The van der Waals surface area contributed by atoms with Gasteiger partial charge in [-0.15, -0.1) is 0 Å². The molecule has 174 valence electrons. The molecule has 0 aromatic heterocycles. The van der Waals surface area contributed by atoms with Gasteiger partial charge in [0.2, 0.25) is 0 Å². The van der Waals surface area contributed by atoms with Crippen LogP contribution >= 0.6 is 0 Å². The van der Waals surface area contributed by atoms with Gasteiger partial charge in [0.25, 0.3) is 11.8 Å². The summed E-state index contributed by atoms with van der Waals surface area (Å²) in [7, 11) is 0. The highest BCUT2D eigenvalue weighted by molar-refractivity contribution is 6.24. The van der Waals surface area contributed by atoms with Crippen LogP contribution in [0.25, 0.3) is 10.8 Å². The molecule has 0 fully saturated rings. The average Bonchev–Trinajstić information content (AvgIpc) is 3.12. The maximum Gasteiger partial charge on any atom is 0.417 e. The number of hydrogen-bond donors (Lipinski definition) is 1. The van der Waals surface area contributed by atoms with Crippen LogP contribution in [0, 0.1) is 0 Å². The molecule has 1 aliphatic heterocycles. The number of halogens is 3. The lowest BCUT2D eigenvalue weighted by Crippen LogP contribution is -2.26. The molecule has 0 aliphatic carbocycles. The van der Waals surface area contributed by atoms with Gasteiger partial charge in [-0.1, -0.05) is 54.6 Å². The van der Waals surface area contributed by atoms with E-state index in [2.05, 4.69) is 10.5 Å². The van der Waals surface area contributed by atoms with Gasteiger partial charge >= 0.3 is 6.18 Å². The number of nitrogens with zero attached hydrogens (tertiary/aromatic N) is 2. The molecule has 0 radical (unpaired) electrons. The molecule has 5 rings (SSSR count). The Balaban J connectivity index is 1.27. The number of benzene rings is 4. The minimum atomic E-state index is -4.52. The van der Waals surface area contributed by atoms with E-state index in [1.165, 1.54) is 18.2 Å². The molecule has 4 aromatic rings. The van der Waals surface area contributed by atoms with E-state index in [1.54, 1.807) is 29.2 Å². The summed E-state index contributed by atoms with van der Waals surface area (Å²) in [4.78, 5) is 27.0. The van der Waals surface area contributed by atoms with Crippen molar-refractivity contribution in [1.29, 1.82) is 0 Å². The van der Waals surface area contributed by atoms with Crippen molar-refractivity contribution in [2.45, 2.75) is 12.7 Å². The SMILES string of the molecule is O=C(NN=Cc1ccccc1C(F)(F)F)c1ccc(CN2C(=O)c3cccc4cccc2c34)cc1. The van der Waals surface area contributed by atoms with Gasteiger partial charge in [-0.3, -0.25) is 9.59 Å². The summed E-state index contributed by atoms with van der Waals surface area (Å²) in [6.45, 7) is 0.334.